The Hall–Kier alpha value is -1.13. The molecule has 0 aromatic heterocycles. The number of halogens is 2. The molecule has 1 atom stereocenters. The molecule has 1 fully saturated rings. The lowest BCUT2D eigenvalue weighted by atomic mass is 9.98. The van der Waals surface area contributed by atoms with Crippen molar-refractivity contribution in [3.8, 4) is 0 Å². The van der Waals surface area contributed by atoms with Crippen molar-refractivity contribution < 1.29 is 13.9 Å². The number of benzene rings is 1. The first-order valence-electron chi connectivity index (χ1n) is 6.81. The lowest BCUT2D eigenvalue weighted by Crippen LogP contribution is -2.42. The van der Waals surface area contributed by atoms with E-state index in [9.17, 15) is 9.18 Å². The summed E-state index contributed by atoms with van der Waals surface area (Å²) in [6, 6.07) is 4.48. The zero-order valence-electron chi connectivity index (χ0n) is 11.6. The molecule has 1 amide bonds. The average molecular weight is 300 g/mol. The van der Waals surface area contributed by atoms with Gasteiger partial charge in [-0.05, 0) is 30.9 Å². The predicted octanol–water partition coefficient (Wildman–Crippen LogP) is 2.91. The predicted molar refractivity (Wildman–Crippen MR) is 76.3 cm³/mol. The van der Waals surface area contributed by atoms with Crippen molar-refractivity contribution in [2.75, 3.05) is 26.8 Å². The maximum Gasteiger partial charge on any atom is 0.227 e. The summed E-state index contributed by atoms with van der Waals surface area (Å²) in [5, 5.41) is 0.309. The molecule has 20 heavy (non-hydrogen) atoms. The monoisotopic (exact) mass is 299 g/mol. The van der Waals surface area contributed by atoms with E-state index in [0.29, 0.717) is 24.1 Å². The summed E-state index contributed by atoms with van der Waals surface area (Å²) in [7, 11) is 1.67. The van der Waals surface area contributed by atoms with Gasteiger partial charge in [-0.25, -0.2) is 4.39 Å². The molecule has 1 aromatic carbocycles. The molecule has 1 aliphatic heterocycles. The summed E-state index contributed by atoms with van der Waals surface area (Å²) >= 11 is 5.96. The highest BCUT2D eigenvalue weighted by molar-refractivity contribution is 6.31. The minimum atomic E-state index is -0.420. The summed E-state index contributed by atoms with van der Waals surface area (Å²) in [5.41, 5.74) is 0.285. The standard InChI is InChI=1S/C15H19ClFNO2/c1-20-10-11-4-3-7-18(9-11)15(19)8-12-13(16)5-2-6-14(12)17/h2,5-6,11H,3-4,7-10H2,1H3. The van der Waals surface area contributed by atoms with Crippen molar-refractivity contribution in [1.29, 1.82) is 0 Å². The zero-order chi connectivity index (χ0) is 14.5. The number of nitrogens with zero attached hydrogens (tertiary/aromatic N) is 1. The first-order chi connectivity index (χ1) is 9.61. The number of methoxy groups -OCH3 is 1. The van der Waals surface area contributed by atoms with Gasteiger partial charge in [0, 0.05) is 30.8 Å². The Morgan fingerprint density at radius 1 is 1.55 bits per heavy atom. The van der Waals surface area contributed by atoms with Gasteiger partial charge in [-0.1, -0.05) is 17.7 Å². The molecular formula is C15H19ClFNO2. The van der Waals surface area contributed by atoms with Gasteiger partial charge in [0.1, 0.15) is 5.82 Å². The normalized spacial score (nSPS) is 19.1. The lowest BCUT2D eigenvalue weighted by Gasteiger charge is -2.32. The second-order valence-corrected chi connectivity index (χ2v) is 5.59. The lowest BCUT2D eigenvalue weighted by molar-refractivity contribution is -0.132. The van der Waals surface area contributed by atoms with E-state index in [2.05, 4.69) is 0 Å². The summed E-state index contributed by atoms with van der Waals surface area (Å²) in [5.74, 6) is -0.122. The number of ether oxygens (including phenoxy) is 1. The highest BCUT2D eigenvalue weighted by Gasteiger charge is 2.24. The van der Waals surface area contributed by atoms with Gasteiger partial charge in [-0.15, -0.1) is 0 Å². The molecule has 1 aromatic rings. The number of hydrogen-bond acceptors (Lipinski definition) is 2. The van der Waals surface area contributed by atoms with Crippen molar-refractivity contribution in [2.45, 2.75) is 19.3 Å². The van der Waals surface area contributed by atoms with Crippen LogP contribution in [0.15, 0.2) is 18.2 Å². The van der Waals surface area contributed by atoms with E-state index in [-0.39, 0.29) is 17.9 Å². The third kappa shape index (κ3) is 3.70. The van der Waals surface area contributed by atoms with Gasteiger partial charge in [-0.2, -0.15) is 0 Å². The van der Waals surface area contributed by atoms with E-state index in [1.54, 1.807) is 24.1 Å². The molecule has 3 nitrogen and oxygen atoms in total. The Kier molecular flexibility index (Phi) is 5.38. The third-order valence-electron chi connectivity index (χ3n) is 3.66. The van der Waals surface area contributed by atoms with Crippen LogP contribution in [0.5, 0.6) is 0 Å². The number of rotatable bonds is 4. The van der Waals surface area contributed by atoms with E-state index in [4.69, 9.17) is 16.3 Å². The fourth-order valence-corrected chi connectivity index (χ4v) is 2.86. The number of carbonyl (C=O) groups is 1. The smallest absolute Gasteiger partial charge is 0.227 e. The number of carbonyl (C=O) groups excluding carboxylic acids is 1. The first kappa shape index (κ1) is 15.3. The Labute approximate surface area is 123 Å². The Morgan fingerprint density at radius 3 is 3.05 bits per heavy atom. The maximum atomic E-state index is 13.7. The second kappa shape index (κ2) is 7.04. The molecule has 1 heterocycles. The van der Waals surface area contributed by atoms with Gasteiger partial charge < -0.3 is 9.64 Å². The molecular weight excluding hydrogens is 281 g/mol. The van der Waals surface area contributed by atoms with Crippen molar-refractivity contribution >= 4 is 17.5 Å². The summed E-state index contributed by atoms with van der Waals surface area (Å²) in [6.45, 7) is 2.06. The van der Waals surface area contributed by atoms with Crippen molar-refractivity contribution in [2.24, 2.45) is 5.92 Å². The highest BCUT2D eigenvalue weighted by Crippen LogP contribution is 2.22. The molecule has 0 N–H and O–H groups in total. The van der Waals surface area contributed by atoms with Crippen molar-refractivity contribution in [3.63, 3.8) is 0 Å². The number of likely N-dealkylation sites (tertiary alicyclic amines) is 1. The van der Waals surface area contributed by atoms with Crippen molar-refractivity contribution in [1.82, 2.24) is 4.90 Å². The zero-order valence-corrected chi connectivity index (χ0v) is 12.3. The highest BCUT2D eigenvalue weighted by atomic mass is 35.5. The largest absolute Gasteiger partial charge is 0.384 e. The average Bonchev–Trinajstić information content (AvgIpc) is 2.43. The summed E-state index contributed by atoms with van der Waals surface area (Å²) in [4.78, 5) is 14.1. The molecule has 0 bridgehead atoms. The van der Waals surface area contributed by atoms with Crippen LogP contribution in [0.4, 0.5) is 4.39 Å². The van der Waals surface area contributed by atoms with E-state index in [0.717, 1.165) is 19.4 Å². The molecule has 110 valence electrons. The van der Waals surface area contributed by atoms with Gasteiger partial charge in [0.2, 0.25) is 5.91 Å². The van der Waals surface area contributed by atoms with E-state index >= 15 is 0 Å². The van der Waals surface area contributed by atoms with Crippen LogP contribution >= 0.6 is 11.6 Å². The molecule has 0 radical (unpaired) electrons. The van der Waals surface area contributed by atoms with Gasteiger partial charge in [0.05, 0.1) is 13.0 Å². The number of piperidine rings is 1. The van der Waals surface area contributed by atoms with Crippen LogP contribution in [0.1, 0.15) is 18.4 Å². The van der Waals surface area contributed by atoms with Crippen LogP contribution in [-0.4, -0.2) is 37.6 Å². The maximum absolute atomic E-state index is 13.7. The topological polar surface area (TPSA) is 29.5 Å². The van der Waals surface area contributed by atoms with E-state index < -0.39 is 5.82 Å². The second-order valence-electron chi connectivity index (χ2n) is 5.18. The fraction of sp³-hybridized carbons (Fsp3) is 0.533. The van der Waals surface area contributed by atoms with Crippen molar-refractivity contribution in [3.05, 3.63) is 34.6 Å². The van der Waals surface area contributed by atoms with Crippen LogP contribution in [0.3, 0.4) is 0 Å². The van der Waals surface area contributed by atoms with Crippen LogP contribution in [0, 0.1) is 11.7 Å². The minimum Gasteiger partial charge on any atom is -0.384 e. The minimum absolute atomic E-state index is 0.0191. The Balaban J connectivity index is 2.01. The Morgan fingerprint density at radius 2 is 2.35 bits per heavy atom. The first-order valence-corrected chi connectivity index (χ1v) is 7.19. The van der Waals surface area contributed by atoms with Gasteiger partial charge in [-0.3, -0.25) is 4.79 Å². The van der Waals surface area contributed by atoms with Gasteiger partial charge in [0.15, 0.2) is 0 Å². The molecule has 1 saturated heterocycles. The molecule has 5 heteroatoms. The molecule has 0 saturated carbocycles. The van der Waals surface area contributed by atoms with E-state index in [1.807, 2.05) is 0 Å². The summed E-state index contributed by atoms with van der Waals surface area (Å²) < 4.78 is 18.8. The third-order valence-corrected chi connectivity index (χ3v) is 4.02. The molecule has 1 aliphatic rings. The molecule has 2 rings (SSSR count). The fourth-order valence-electron chi connectivity index (χ4n) is 2.63. The number of amides is 1. The number of hydrogen-bond donors (Lipinski definition) is 0. The van der Waals surface area contributed by atoms with Crippen LogP contribution in [0.25, 0.3) is 0 Å². The van der Waals surface area contributed by atoms with E-state index in [1.165, 1.54) is 6.07 Å². The summed E-state index contributed by atoms with van der Waals surface area (Å²) in [6.07, 6.45) is 2.05. The SMILES string of the molecule is COCC1CCCN(C(=O)Cc2c(F)cccc2Cl)C1. The molecule has 1 unspecified atom stereocenters. The van der Waals surface area contributed by atoms with Crippen LogP contribution in [0.2, 0.25) is 5.02 Å². The molecule has 0 spiro atoms. The molecule has 0 aliphatic carbocycles. The van der Waals surface area contributed by atoms with Crippen LogP contribution < -0.4 is 0 Å². The van der Waals surface area contributed by atoms with Gasteiger partial charge in [0.25, 0.3) is 0 Å². The Bertz CT molecular complexity index is 459. The van der Waals surface area contributed by atoms with Gasteiger partial charge >= 0.3 is 0 Å². The van der Waals surface area contributed by atoms with Crippen LogP contribution in [-0.2, 0) is 16.0 Å². The quantitative estimate of drug-likeness (QED) is 0.855.